The Kier molecular flexibility index (Phi) is 3.71. The van der Waals surface area contributed by atoms with E-state index in [2.05, 4.69) is 0 Å². The summed E-state index contributed by atoms with van der Waals surface area (Å²) in [4.78, 5) is 14.0. The molecule has 21 heavy (non-hydrogen) atoms. The van der Waals surface area contributed by atoms with Crippen molar-refractivity contribution in [1.29, 1.82) is 0 Å². The van der Waals surface area contributed by atoms with Crippen molar-refractivity contribution in [1.82, 2.24) is 4.90 Å². The Hall–Kier alpha value is -2.20. The van der Waals surface area contributed by atoms with Gasteiger partial charge in [-0.15, -0.1) is 0 Å². The van der Waals surface area contributed by atoms with Gasteiger partial charge in [0.05, 0.1) is 0 Å². The van der Waals surface area contributed by atoms with Crippen LogP contribution < -0.4 is 0 Å². The molecule has 1 aliphatic rings. The second-order valence-corrected chi connectivity index (χ2v) is 5.24. The molecule has 0 aromatic heterocycles. The average molecular weight is 285 g/mol. The van der Waals surface area contributed by atoms with Crippen LogP contribution in [0.4, 0.5) is 4.39 Å². The predicted molar refractivity (Wildman–Crippen MR) is 76.9 cm³/mol. The van der Waals surface area contributed by atoms with Gasteiger partial charge in [0.2, 0.25) is 0 Å². The zero-order valence-electron chi connectivity index (χ0n) is 11.5. The van der Waals surface area contributed by atoms with Gasteiger partial charge in [0.1, 0.15) is 5.82 Å². The van der Waals surface area contributed by atoms with Crippen molar-refractivity contribution >= 4 is 5.91 Å². The van der Waals surface area contributed by atoms with Gasteiger partial charge in [-0.05, 0) is 35.2 Å². The molecule has 1 aliphatic heterocycles. The summed E-state index contributed by atoms with van der Waals surface area (Å²) >= 11 is 0. The van der Waals surface area contributed by atoms with Crippen LogP contribution in [-0.2, 0) is 17.8 Å². The van der Waals surface area contributed by atoms with E-state index in [4.69, 9.17) is 0 Å². The number of nitrogens with zero attached hydrogens (tertiary/aromatic N) is 1. The molecule has 1 amide bonds. The lowest BCUT2D eigenvalue weighted by Gasteiger charge is -2.30. The number of fused-ring (bicyclic) bond motifs is 1. The summed E-state index contributed by atoms with van der Waals surface area (Å²) in [7, 11) is 0. The molecule has 0 radical (unpaired) electrons. The van der Waals surface area contributed by atoms with E-state index in [1.165, 1.54) is 12.1 Å². The van der Waals surface area contributed by atoms with Crippen molar-refractivity contribution in [3.63, 3.8) is 0 Å². The highest BCUT2D eigenvalue weighted by atomic mass is 19.1. The van der Waals surface area contributed by atoms with Gasteiger partial charge in [-0.25, -0.2) is 4.39 Å². The van der Waals surface area contributed by atoms with Crippen LogP contribution in [0.25, 0.3) is 0 Å². The largest absolute Gasteiger partial charge is 0.378 e. The first-order valence-electron chi connectivity index (χ1n) is 6.94. The second-order valence-electron chi connectivity index (χ2n) is 5.24. The van der Waals surface area contributed by atoms with E-state index in [1.54, 1.807) is 35.2 Å². The van der Waals surface area contributed by atoms with Crippen LogP contribution in [0.5, 0.6) is 0 Å². The summed E-state index contributed by atoms with van der Waals surface area (Å²) < 4.78 is 13.2. The monoisotopic (exact) mass is 285 g/mol. The Morgan fingerprint density at radius 1 is 1.14 bits per heavy atom. The Bertz CT molecular complexity index is 657. The molecule has 2 aromatic rings. The molecule has 2 aromatic carbocycles. The highest BCUT2D eigenvalue weighted by Gasteiger charge is 2.26. The maximum absolute atomic E-state index is 13.2. The summed E-state index contributed by atoms with van der Waals surface area (Å²) in [5.74, 6) is -0.561. The fourth-order valence-electron chi connectivity index (χ4n) is 2.66. The predicted octanol–water partition coefficient (Wildman–Crippen LogP) is 2.44. The van der Waals surface area contributed by atoms with Crippen LogP contribution >= 0.6 is 0 Å². The summed E-state index contributed by atoms with van der Waals surface area (Å²) in [6.07, 6.45) is -0.534. The van der Waals surface area contributed by atoms with Crippen LogP contribution in [0.3, 0.4) is 0 Å². The molecule has 0 spiro atoms. The van der Waals surface area contributed by atoms with Gasteiger partial charge in [0, 0.05) is 13.1 Å². The molecule has 108 valence electrons. The number of carbonyl (C=O) groups is 1. The van der Waals surface area contributed by atoms with E-state index < -0.39 is 6.10 Å². The summed E-state index contributed by atoms with van der Waals surface area (Å²) in [6.45, 7) is 0.914. The Morgan fingerprint density at radius 2 is 1.90 bits per heavy atom. The number of amides is 1. The lowest BCUT2D eigenvalue weighted by atomic mass is 9.98. The molecule has 0 saturated heterocycles. The van der Waals surface area contributed by atoms with Crippen molar-refractivity contribution in [3.8, 4) is 0 Å². The van der Waals surface area contributed by atoms with E-state index in [1.807, 2.05) is 6.07 Å². The number of benzene rings is 2. The molecule has 1 unspecified atom stereocenters. The SMILES string of the molecule is O=C(C(O)c1ccccc1)N1CCc2cc(F)ccc2C1. The molecule has 0 fully saturated rings. The average Bonchev–Trinajstić information content (AvgIpc) is 2.53. The molecule has 1 N–H and O–H groups in total. The van der Waals surface area contributed by atoms with Gasteiger partial charge in [-0.3, -0.25) is 4.79 Å². The van der Waals surface area contributed by atoms with Crippen LogP contribution in [0, 0.1) is 5.82 Å². The number of aliphatic hydroxyl groups excluding tert-OH is 1. The molecule has 1 heterocycles. The van der Waals surface area contributed by atoms with E-state index in [0.29, 0.717) is 25.1 Å². The van der Waals surface area contributed by atoms with Gasteiger partial charge < -0.3 is 10.0 Å². The maximum Gasteiger partial charge on any atom is 0.256 e. The number of hydrogen-bond acceptors (Lipinski definition) is 2. The van der Waals surface area contributed by atoms with E-state index >= 15 is 0 Å². The zero-order valence-corrected chi connectivity index (χ0v) is 11.5. The fraction of sp³-hybridized carbons (Fsp3) is 0.235. The summed E-state index contributed by atoms with van der Waals surface area (Å²) in [6, 6.07) is 13.5. The Labute approximate surface area is 122 Å². The molecule has 0 saturated carbocycles. The quantitative estimate of drug-likeness (QED) is 0.920. The van der Waals surface area contributed by atoms with Crippen molar-refractivity contribution in [2.45, 2.75) is 19.1 Å². The van der Waals surface area contributed by atoms with E-state index in [0.717, 1.165) is 11.1 Å². The zero-order chi connectivity index (χ0) is 14.8. The van der Waals surface area contributed by atoms with Crippen molar-refractivity contribution in [3.05, 3.63) is 71.0 Å². The number of halogens is 1. The fourth-order valence-corrected chi connectivity index (χ4v) is 2.66. The number of carbonyl (C=O) groups excluding carboxylic acids is 1. The number of aliphatic hydroxyl groups is 1. The molecular weight excluding hydrogens is 269 g/mol. The minimum atomic E-state index is -1.15. The normalized spacial score (nSPS) is 15.4. The first-order valence-corrected chi connectivity index (χ1v) is 6.94. The van der Waals surface area contributed by atoms with Gasteiger partial charge >= 0.3 is 0 Å². The van der Waals surface area contributed by atoms with Crippen LogP contribution in [0.2, 0.25) is 0 Å². The minimum absolute atomic E-state index is 0.252. The van der Waals surface area contributed by atoms with Gasteiger partial charge in [-0.2, -0.15) is 0 Å². The molecular formula is C17H16FNO2. The Balaban J connectivity index is 1.76. The van der Waals surface area contributed by atoms with Crippen molar-refractivity contribution in [2.24, 2.45) is 0 Å². The smallest absolute Gasteiger partial charge is 0.256 e. The standard InChI is InChI=1S/C17H16FNO2/c18-15-7-6-14-11-19(9-8-13(14)10-15)17(21)16(20)12-4-2-1-3-5-12/h1-7,10,16,20H,8-9,11H2. The highest BCUT2D eigenvalue weighted by molar-refractivity contribution is 5.82. The van der Waals surface area contributed by atoms with Crippen LogP contribution in [-0.4, -0.2) is 22.5 Å². The third-order valence-electron chi connectivity index (χ3n) is 3.84. The van der Waals surface area contributed by atoms with Crippen LogP contribution in [0.15, 0.2) is 48.5 Å². The Morgan fingerprint density at radius 3 is 2.67 bits per heavy atom. The third kappa shape index (κ3) is 2.81. The highest BCUT2D eigenvalue weighted by Crippen LogP contribution is 2.23. The van der Waals surface area contributed by atoms with Gasteiger partial charge in [0.15, 0.2) is 6.10 Å². The maximum atomic E-state index is 13.2. The van der Waals surface area contributed by atoms with E-state index in [-0.39, 0.29) is 11.7 Å². The topological polar surface area (TPSA) is 40.5 Å². The molecule has 3 nitrogen and oxygen atoms in total. The van der Waals surface area contributed by atoms with Gasteiger partial charge in [0.25, 0.3) is 5.91 Å². The molecule has 3 rings (SSSR count). The lowest BCUT2D eigenvalue weighted by molar-refractivity contribution is -0.141. The summed E-state index contributed by atoms with van der Waals surface area (Å²) in [5, 5.41) is 10.2. The molecule has 1 atom stereocenters. The van der Waals surface area contributed by atoms with Crippen molar-refractivity contribution < 1.29 is 14.3 Å². The van der Waals surface area contributed by atoms with Gasteiger partial charge in [-0.1, -0.05) is 36.4 Å². The summed E-state index contributed by atoms with van der Waals surface area (Å²) in [5.41, 5.74) is 2.47. The second kappa shape index (κ2) is 5.66. The lowest BCUT2D eigenvalue weighted by Crippen LogP contribution is -2.39. The molecule has 0 bridgehead atoms. The first kappa shape index (κ1) is 13.8. The van der Waals surface area contributed by atoms with E-state index in [9.17, 15) is 14.3 Å². The molecule has 4 heteroatoms. The third-order valence-corrected chi connectivity index (χ3v) is 3.84. The van der Waals surface area contributed by atoms with Crippen LogP contribution in [0.1, 0.15) is 22.8 Å². The van der Waals surface area contributed by atoms with Crippen molar-refractivity contribution in [2.75, 3.05) is 6.54 Å². The first-order chi connectivity index (χ1) is 10.1. The molecule has 0 aliphatic carbocycles. The number of rotatable bonds is 2. The minimum Gasteiger partial charge on any atom is -0.378 e. The number of hydrogen-bond donors (Lipinski definition) is 1.